The smallest absolute Gasteiger partial charge is 0.227 e. The summed E-state index contributed by atoms with van der Waals surface area (Å²) in [6, 6.07) is 3.40. The lowest BCUT2D eigenvalue weighted by Gasteiger charge is -2.15. The van der Waals surface area contributed by atoms with Crippen molar-refractivity contribution >= 4 is 17.5 Å². The summed E-state index contributed by atoms with van der Waals surface area (Å²) in [4.78, 5) is 28.3. The Morgan fingerprint density at radius 1 is 1.59 bits per heavy atom. The highest BCUT2D eigenvalue weighted by atomic mass is 16.5. The Morgan fingerprint density at radius 2 is 2.35 bits per heavy atom. The summed E-state index contributed by atoms with van der Waals surface area (Å²) in [7, 11) is 1.52. The van der Waals surface area contributed by atoms with Crippen LogP contribution in [0.15, 0.2) is 18.3 Å². The van der Waals surface area contributed by atoms with E-state index in [4.69, 9.17) is 10.5 Å². The van der Waals surface area contributed by atoms with E-state index >= 15 is 0 Å². The van der Waals surface area contributed by atoms with Crippen molar-refractivity contribution in [2.24, 2.45) is 11.7 Å². The van der Waals surface area contributed by atoms with Crippen LogP contribution in [-0.4, -0.2) is 30.5 Å². The van der Waals surface area contributed by atoms with Crippen molar-refractivity contribution in [3.8, 4) is 5.88 Å². The number of nitrogens with two attached hydrogens (primary N) is 1. The molecule has 2 heterocycles. The van der Waals surface area contributed by atoms with Gasteiger partial charge >= 0.3 is 0 Å². The van der Waals surface area contributed by atoms with Crippen molar-refractivity contribution < 1.29 is 14.3 Å². The lowest BCUT2D eigenvalue weighted by molar-refractivity contribution is -0.123. The number of carbonyl (C=O) groups is 2. The second kappa shape index (κ2) is 4.40. The minimum atomic E-state index is -0.442. The molecule has 0 bridgehead atoms. The van der Waals surface area contributed by atoms with Gasteiger partial charge in [-0.2, -0.15) is 0 Å². The first-order valence-corrected chi connectivity index (χ1v) is 5.21. The topological polar surface area (TPSA) is 85.5 Å². The van der Waals surface area contributed by atoms with Gasteiger partial charge in [-0.05, 0) is 6.07 Å². The first-order chi connectivity index (χ1) is 8.11. The summed E-state index contributed by atoms with van der Waals surface area (Å²) in [5.74, 6) is -0.487. The number of nitrogens with zero attached hydrogens (tertiary/aromatic N) is 2. The molecule has 0 aliphatic carbocycles. The summed E-state index contributed by atoms with van der Waals surface area (Å²) < 4.78 is 4.93. The van der Waals surface area contributed by atoms with Crippen LogP contribution in [0.2, 0.25) is 0 Å². The van der Waals surface area contributed by atoms with Crippen molar-refractivity contribution in [3.63, 3.8) is 0 Å². The van der Waals surface area contributed by atoms with E-state index in [1.165, 1.54) is 12.0 Å². The fourth-order valence-electron chi connectivity index (χ4n) is 1.80. The van der Waals surface area contributed by atoms with Gasteiger partial charge in [-0.3, -0.25) is 9.59 Å². The molecule has 6 nitrogen and oxygen atoms in total. The molecular formula is C11H13N3O3. The third kappa shape index (κ3) is 2.20. The average molecular weight is 235 g/mol. The quantitative estimate of drug-likeness (QED) is 0.794. The highest BCUT2D eigenvalue weighted by molar-refractivity contribution is 5.99. The Hall–Kier alpha value is -2.11. The van der Waals surface area contributed by atoms with E-state index in [1.54, 1.807) is 18.3 Å². The van der Waals surface area contributed by atoms with Crippen molar-refractivity contribution in [3.05, 3.63) is 18.3 Å². The summed E-state index contributed by atoms with van der Waals surface area (Å²) in [6.07, 6.45) is 1.71. The van der Waals surface area contributed by atoms with Crippen molar-refractivity contribution in [2.75, 3.05) is 18.6 Å². The molecule has 1 atom stereocenters. The standard InChI is InChI=1S/C11H13N3O3/c1-17-9-3-2-8(5-13-9)14-6-7(11(12)16)4-10(14)15/h2-3,5,7H,4,6H2,1H3,(H2,12,16). The van der Waals surface area contributed by atoms with E-state index in [0.29, 0.717) is 18.1 Å². The highest BCUT2D eigenvalue weighted by Crippen LogP contribution is 2.25. The number of carbonyl (C=O) groups excluding carboxylic acids is 2. The van der Waals surface area contributed by atoms with E-state index in [9.17, 15) is 9.59 Å². The summed E-state index contributed by atoms with van der Waals surface area (Å²) in [5.41, 5.74) is 5.84. The van der Waals surface area contributed by atoms with E-state index in [0.717, 1.165) is 0 Å². The Balaban J connectivity index is 2.17. The van der Waals surface area contributed by atoms with Crippen molar-refractivity contribution in [1.82, 2.24) is 4.98 Å². The molecule has 0 spiro atoms. The number of hydrogen-bond acceptors (Lipinski definition) is 4. The van der Waals surface area contributed by atoms with Gasteiger partial charge in [0.15, 0.2) is 0 Å². The normalized spacial score (nSPS) is 19.5. The second-order valence-corrected chi connectivity index (χ2v) is 3.87. The van der Waals surface area contributed by atoms with Gasteiger partial charge in [0.2, 0.25) is 17.7 Å². The zero-order chi connectivity index (χ0) is 12.4. The molecule has 0 radical (unpaired) electrons. The molecule has 1 aromatic rings. The predicted molar refractivity (Wildman–Crippen MR) is 60.4 cm³/mol. The molecule has 1 aliphatic rings. The van der Waals surface area contributed by atoms with Crippen molar-refractivity contribution in [2.45, 2.75) is 6.42 Å². The monoisotopic (exact) mass is 235 g/mol. The van der Waals surface area contributed by atoms with Crippen LogP contribution < -0.4 is 15.4 Å². The minimum Gasteiger partial charge on any atom is -0.481 e. The van der Waals surface area contributed by atoms with Gasteiger partial charge in [0.1, 0.15) is 0 Å². The van der Waals surface area contributed by atoms with Gasteiger partial charge in [-0.25, -0.2) is 4.98 Å². The number of methoxy groups -OCH3 is 1. The molecule has 2 N–H and O–H groups in total. The number of hydrogen-bond donors (Lipinski definition) is 1. The summed E-state index contributed by atoms with van der Waals surface area (Å²) in [5, 5.41) is 0. The van der Waals surface area contributed by atoms with Gasteiger partial charge in [0.25, 0.3) is 0 Å². The first-order valence-electron chi connectivity index (χ1n) is 5.21. The maximum atomic E-state index is 11.7. The molecule has 1 unspecified atom stereocenters. The van der Waals surface area contributed by atoms with Crippen LogP contribution in [0.3, 0.4) is 0 Å². The molecule has 6 heteroatoms. The van der Waals surface area contributed by atoms with Crippen LogP contribution in [0.4, 0.5) is 5.69 Å². The molecule has 1 aliphatic heterocycles. The zero-order valence-electron chi connectivity index (χ0n) is 9.42. The van der Waals surface area contributed by atoms with E-state index in [1.807, 2.05) is 0 Å². The molecule has 0 saturated carbocycles. The number of anilines is 1. The molecule has 2 amide bonds. The number of rotatable bonds is 3. The number of primary amides is 1. The summed E-state index contributed by atoms with van der Waals surface area (Å²) in [6.45, 7) is 0.322. The maximum Gasteiger partial charge on any atom is 0.227 e. The van der Waals surface area contributed by atoms with Gasteiger partial charge in [0, 0.05) is 19.0 Å². The molecule has 90 valence electrons. The van der Waals surface area contributed by atoms with Crippen LogP contribution in [0.1, 0.15) is 6.42 Å². The van der Waals surface area contributed by atoms with Crippen LogP contribution >= 0.6 is 0 Å². The third-order valence-electron chi connectivity index (χ3n) is 2.77. The number of pyridine rings is 1. The Kier molecular flexibility index (Phi) is 2.95. The lowest BCUT2D eigenvalue weighted by Crippen LogP contribution is -2.28. The molecular weight excluding hydrogens is 222 g/mol. The number of ether oxygens (including phenoxy) is 1. The second-order valence-electron chi connectivity index (χ2n) is 3.87. The Bertz CT molecular complexity index is 444. The molecule has 2 rings (SSSR count). The number of aromatic nitrogens is 1. The molecule has 1 aromatic heterocycles. The zero-order valence-corrected chi connectivity index (χ0v) is 9.42. The first kappa shape index (κ1) is 11.4. The third-order valence-corrected chi connectivity index (χ3v) is 2.77. The highest BCUT2D eigenvalue weighted by Gasteiger charge is 2.33. The maximum absolute atomic E-state index is 11.7. The molecule has 17 heavy (non-hydrogen) atoms. The fraction of sp³-hybridized carbons (Fsp3) is 0.364. The Labute approximate surface area is 98.4 Å². The fourth-order valence-corrected chi connectivity index (χ4v) is 1.80. The van der Waals surface area contributed by atoms with Gasteiger partial charge in [0.05, 0.1) is 24.9 Å². The molecule has 1 fully saturated rings. The van der Waals surface area contributed by atoms with E-state index in [2.05, 4.69) is 4.98 Å². The SMILES string of the molecule is COc1ccc(N2CC(C(N)=O)CC2=O)cn1. The van der Waals surface area contributed by atoms with Crippen LogP contribution in [0.5, 0.6) is 5.88 Å². The van der Waals surface area contributed by atoms with Gasteiger partial charge < -0.3 is 15.4 Å². The lowest BCUT2D eigenvalue weighted by atomic mass is 10.1. The average Bonchev–Trinajstić information content (AvgIpc) is 2.72. The largest absolute Gasteiger partial charge is 0.481 e. The van der Waals surface area contributed by atoms with Gasteiger partial charge in [-0.1, -0.05) is 0 Å². The van der Waals surface area contributed by atoms with Crippen molar-refractivity contribution in [1.29, 1.82) is 0 Å². The van der Waals surface area contributed by atoms with Gasteiger partial charge in [-0.15, -0.1) is 0 Å². The van der Waals surface area contributed by atoms with E-state index in [-0.39, 0.29) is 12.3 Å². The van der Waals surface area contributed by atoms with Crippen LogP contribution in [-0.2, 0) is 9.59 Å². The molecule has 1 saturated heterocycles. The number of amides is 2. The minimum absolute atomic E-state index is 0.110. The summed E-state index contributed by atoms with van der Waals surface area (Å²) >= 11 is 0. The van der Waals surface area contributed by atoms with Crippen LogP contribution in [0.25, 0.3) is 0 Å². The van der Waals surface area contributed by atoms with Crippen LogP contribution in [0, 0.1) is 5.92 Å². The van der Waals surface area contributed by atoms with E-state index < -0.39 is 11.8 Å². The predicted octanol–water partition coefficient (Wildman–Crippen LogP) is -0.0716. The molecule has 0 aromatic carbocycles. The Morgan fingerprint density at radius 3 is 2.82 bits per heavy atom.